The first-order valence-electron chi connectivity index (χ1n) is 5.31. The predicted molar refractivity (Wildman–Crippen MR) is 66.9 cm³/mol. The normalized spacial score (nSPS) is 10.9. The average Bonchev–Trinajstić information content (AvgIpc) is 2.74. The van der Waals surface area contributed by atoms with E-state index in [2.05, 4.69) is 24.9 Å². The highest BCUT2D eigenvalue weighted by atomic mass is 16.1. The number of hydrogen-bond acceptors (Lipinski definition) is 5. The number of rotatable bonds is 1. The van der Waals surface area contributed by atoms with E-state index in [9.17, 15) is 4.79 Å². The van der Waals surface area contributed by atoms with Crippen LogP contribution >= 0.6 is 0 Å². The minimum atomic E-state index is -0.114. The van der Waals surface area contributed by atoms with Crippen LogP contribution in [-0.4, -0.2) is 24.9 Å². The lowest BCUT2D eigenvalue weighted by molar-refractivity contribution is 1.17. The molecule has 0 spiro atoms. The molecule has 0 aliphatic rings. The molecule has 0 aliphatic carbocycles. The Bertz CT molecular complexity index is 788. The topological polar surface area (TPSA) is 113 Å². The highest BCUT2D eigenvalue weighted by Crippen LogP contribution is 2.18. The molecule has 7 nitrogen and oxygen atoms in total. The minimum absolute atomic E-state index is 0.114. The number of nitrogens with zero attached hydrogens (tertiary/aromatic N) is 3. The van der Waals surface area contributed by atoms with E-state index in [4.69, 9.17) is 5.73 Å². The Labute approximate surface area is 101 Å². The molecule has 0 saturated heterocycles. The van der Waals surface area contributed by atoms with Gasteiger partial charge in [0.2, 0.25) is 0 Å². The van der Waals surface area contributed by atoms with Gasteiger partial charge < -0.3 is 15.7 Å². The molecule has 7 heteroatoms. The number of aromatic amines is 2. The summed E-state index contributed by atoms with van der Waals surface area (Å²) in [5.74, 6) is 0.737. The van der Waals surface area contributed by atoms with Crippen molar-refractivity contribution in [3.63, 3.8) is 0 Å². The molecule has 3 heterocycles. The van der Waals surface area contributed by atoms with Crippen LogP contribution in [0.25, 0.3) is 22.6 Å². The number of nitrogens with one attached hydrogen (secondary N) is 2. The molecule has 0 aliphatic heterocycles. The summed E-state index contributed by atoms with van der Waals surface area (Å²) in [5.41, 5.74) is 7.80. The van der Waals surface area contributed by atoms with Gasteiger partial charge in [-0.2, -0.15) is 0 Å². The molecule has 3 aromatic rings. The number of nitrogen functional groups attached to an aromatic ring is 1. The predicted octanol–water partition coefficient (Wildman–Crippen LogP) is 0.599. The highest BCUT2D eigenvalue weighted by molar-refractivity contribution is 5.84. The zero-order chi connectivity index (χ0) is 12.7. The molecule has 3 rings (SSSR count). The second-order valence-corrected chi connectivity index (χ2v) is 3.94. The minimum Gasteiger partial charge on any atom is -0.382 e. The molecular weight excluding hydrogens is 232 g/mol. The van der Waals surface area contributed by atoms with E-state index in [0.29, 0.717) is 28.4 Å². The summed E-state index contributed by atoms with van der Waals surface area (Å²) >= 11 is 0. The van der Waals surface area contributed by atoms with Crippen LogP contribution in [0.5, 0.6) is 0 Å². The molecule has 0 unspecified atom stereocenters. The zero-order valence-corrected chi connectivity index (χ0v) is 9.56. The van der Waals surface area contributed by atoms with Gasteiger partial charge in [-0.05, 0) is 6.92 Å². The van der Waals surface area contributed by atoms with Crippen molar-refractivity contribution in [2.24, 2.45) is 0 Å². The summed E-state index contributed by atoms with van der Waals surface area (Å²) in [6, 6.07) is 1.51. The van der Waals surface area contributed by atoms with Crippen LogP contribution < -0.4 is 11.2 Å². The maximum absolute atomic E-state index is 11.9. The van der Waals surface area contributed by atoms with Gasteiger partial charge in [-0.15, -0.1) is 0 Å². The first-order chi connectivity index (χ1) is 8.65. The van der Waals surface area contributed by atoms with Crippen LogP contribution in [0.2, 0.25) is 0 Å². The summed E-state index contributed by atoms with van der Waals surface area (Å²) in [7, 11) is 0. The third-order valence-electron chi connectivity index (χ3n) is 2.63. The van der Waals surface area contributed by atoms with Crippen molar-refractivity contribution in [2.45, 2.75) is 6.92 Å². The lowest BCUT2D eigenvalue weighted by Gasteiger charge is -1.96. The van der Waals surface area contributed by atoms with Crippen LogP contribution in [0.3, 0.4) is 0 Å². The van der Waals surface area contributed by atoms with Crippen molar-refractivity contribution in [1.29, 1.82) is 0 Å². The summed E-state index contributed by atoms with van der Waals surface area (Å²) in [5, 5.41) is 0. The third kappa shape index (κ3) is 1.53. The van der Waals surface area contributed by atoms with E-state index in [1.165, 1.54) is 12.4 Å². The number of anilines is 1. The largest absolute Gasteiger partial charge is 0.382 e. The lowest BCUT2D eigenvalue weighted by atomic mass is 10.2. The number of imidazole rings is 1. The number of aryl methyl sites for hydroxylation is 1. The number of H-pyrrole nitrogens is 2. The first-order valence-corrected chi connectivity index (χ1v) is 5.31. The number of fused-ring (bicyclic) bond motifs is 1. The van der Waals surface area contributed by atoms with E-state index in [-0.39, 0.29) is 5.43 Å². The number of aromatic nitrogens is 5. The molecule has 18 heavy (non-hydrogen) atoms. The molecule has 0 saturated carbocycles. The first kappa shape index (κ1) is 10.5. The Balaban J connectivity index is 2.26. The van der Waals surface area contributed by atoms with Crippen molar-refractivity contribution < 1.29 is 0 Å². The van der Waals surface area contributed by atoms with Crippen molar-refractivity contribution in [2.75, 3.05) is 5.73 Å². The maximum Gasteiger partial charge on any atom is 0.192 e. The molecule has 3 aromatic heterocycles. The van der Waals surface area contributed by atoms with Crippen LogP contribution in [-0.2, 0) is 0 Å². The Hall–Kier alpha value is -2.70. The Morgan fingerprint density at radius 1 is 1.33 bits per heavy atom. The van der Waals surface area contributed by atoms with E-state index in [1.807, 2.05) is 6.92 Å². The zero-order valence-electron chi connectivity index (χ0n) is 9.56. The van der Waals surface area contributed by atoms with Gasteiger partial charge in [-0.25, -0.2) is 15.0 Å². The SMILES string of the molecule is Cc1cc(=O)c(-c2nc3ncnc(N)c3[nH]2)c[nH]1. The van der Waals surface area contributed by atoms with Gasteiger partial charge in [0.05, 0.1) is 5.56 Å². The fourth-order valence-corrected chi connectivity index (χ4v) is 1.73. The Morgan fingerprint density at radius 3 is 2.89 bits per heavy atom. The molecule has 0 bridgehead atoms. The molecule has 0 radical (unpaired) electrons. The van der Waals surface area contributed by atoms with E-state index in [0.717, 1.165) is 5.69 Å². The van der Waals surface area contributed by atoms with Gasteiger partial charge in [0, 0.05) is 18.0 Å². The summed E-state index contributed by atoms with van der Waals surface area (Å²) in [6.45, 7) is 1.81. The van der Waals surface area contributed by atoms with Gasteiger partial charge in [0.1, 0.15) is 17.7 Å². The van der Waals surface area contributed by atoms with Gasteiger partial charge >= 0.3 is 0 Å². The number of pyridine rings is 1. The number of nitrogens with two attached hydrogens (primary N) is 1. The van der Waals surface area contributed by atoms with Crippen LogP contribution in [0.15, 0.2) is 23.4 Å². The summed E-state index contributed by atoms with van der Waals surface area (Å²) in [4.78, 5) is 29.9. The summed E-state index contributed by atoms with van der Waals surface area (Å²) in [6.07, 6.45) is 2.95. The Morgan fingerprint density at radius 2 is 2.17 bits per heavy atom. The molecule has 0 aromatic carbocycles. The van der Waals surface area contributed by atoms with Gasteiger partial charge in [0.15, 0.2) is 16.9 Å². The van der Waals surface area contributed by atoms with Gasteiger partial charge in [-0.1, -0.05) is 0 Å². The van der Waals surface area contributed by atoms with Gasteiger partial charge in [0.25, 0.3) is 0 Å². The second kappa shape index (κ2) is 3.66. The van der Waals surface area contributed by atoms with Crippen molar-refractivity contribution in [3.05, 3.63) is 34.5 Å². The molecule has 0 atom stereocenters. The standard InChI is InChI=1S/C11H10N6O/c1-5-2-7(18)6(3-13-5)10-16-8-9(12)14-4-15-11(8)17-10/h2-4H,1H3,(H,13,18)(H3,12,14,15,16,17). The van der Waals surface area contributed by atoms with Crippen LogP contribution in [0.4, 0.5) is 5.82 Å². The summed E-state index contributed by atoms with van der Waals surface area (Å²) < 4.78 is 0. The monoisotopic (exact) mass is 242 g/mol. The quantitative estimate of drug-likeness (QED) is 0.578. The van der Waals surface area contributed by atoms with E-state index < -0.39 is 0 Å². The third-order valence-corrected chi connectivity index (χ3v) is 2.63. The number of hydrogen-bond donors (Lipinski definition) is 3. The highest BCUT2D eigenvalue weighted by Gasteiger charge is 2.11. The van der Waals surface area contributed by atoms with Gasteiger partial charge in [-0.3, -0.25) is 4.79 Å². The van der Waals surface area contributed by atoms with Crippen molar-refractivity contribution in [1.82, 2.24) is 24.9 Å². The molecular formula is C11H10N6O. The lowest BCUT2D eigenvalue weighted by Crippen LogP contribution is -2.05. The fourth-order valence-electron chi connectivity index (χ4n) is 1.73. The maximum atomic E-state index is 11.9. The molecule has 0 amide bonds. The molecule has 0 fully saturated rings. The molecule has 90 valence electrons. The van der Waals surface area contributed by atoms with E-state index in [1.54, 1.807) is 6.20 Å². The smallest absolute Gasteiger partial charge is 0.192 e. The van der Waals surface area contributed by atoms with Crippen LogP contribution in [0.1, 0.15) is 5.69 Å². The van der Waals surface area contributed by atoms with Crippen molar-refractivity contribution in [3.8, 4) is 11.4 Å². The average molecular weight is 242 g/mol. The fraction of sp³-hybridized carbons (Fsp3) is 0.0909. The van der Waals surface area contributed by atoms with E-state index >= 15 is 0 Å². The molecule has 4 N–H and O–H groups in total. The second-order valence-electron chi connectivity index (χ2n) is 3.94. The Kier molecular flexibility index (Phi) is 2.12. The van der Waals surface area contributed by atoms with Crippen LogP contribution in [0, 0.1) is 6.92 Å². The van der Waals surface area contributed by atoms with Crippen molar-refractivity contribution >= 4 is 17.0 Å².